The molecule has 3 nitrogen and oxygen atoms in total. The van der Waals surface area contributed by atoms with Gasteiger partial charge in [0, 0.05) is 24.2 Å². The van der Waals surface area contributed by atoms with Crippen molar-refractivity contribution in [2.45, 2.75) is 37.9 Å². The van der Waals surface area contributed by atoms with Gasteiger partial charge in [-0.25, -0.2) is 0 Å². The smallest absolute Gasteiger partial charge is 0.226 e. The maximum absolute atomic E-state index is 12.0. The Balaban J connectivity index is 2.36. The van der Waals surface area contributed by atoms with Crippen molar-refractivity contribution in [2.24, 2.45) is 0 Å². The first-order valence-electron chi connectivity index (χ1n) is 6.66. The Morgan fingerprint density at radius 1 is 1.42 bits per heavy atom. The molecular formula is C15H18BrNO2. The summed E-state index contributed by atoms with van der Waals surface area (Å²) in [5.41, 5.74) is 2.79. The Labute approximate surface area is 122 Å². The molecule has 0 bridgehead atoms. The molecule has 0 aromatic heterocycles. The van der Waals surface area contributed by atoms with Crippen molar-refractivity contribution >= 4 is 33.3 Å². The van der Waals surface area contributed by atoms with E-state index in [1.165, 1.54) is 0 Å². The number of alkyl halides is 1. The molecule has 0 fully saturated rings. The Bertz CT molecular complexity index is 511. The number of nitrogens with zero attached hydrogens (tertiary/aromatic N) is 1. The second-order valence-corrected chi connectivity index (χ2v) is 6.20. The molecule has 2 rings (SSSR count). The number of aryl methyl sites for hydroxylation is 1. The highest BCUT2D eigenvalue weighted by Crippen LogP contribution is 2.29. The van der Waals surface area contributed by atoms with Gasteiger partial charge in [0.2, 0.25) is 5.91 Å². The minimum absolute atomic E-state index is 0.0849. The Kier molecular flexibility index (Phi) is 4.40. The molecule has 1 heterocycles. The minimum atomic E-state index is -0.178. The van der Waals surface area contributed by atoms with E-state index in [1.54, 1.807) is 0 Å². The van der Waals surface area contributed by atoms with E-state index in [0.717, 1.165) is 30.6 Å². The molecule has 1 unspecified atom stereocenters. The number of amides is 1. The maximum atomic E-state index is 12.0. The molecule has 4 heteroatoms. The molecule has 19 heavy (non-hydrogen) atoms. The van der Waals surface area contributed by atoms with E-state index in [4.69, 9.17) is 0 Å². The van der Waals surface area contributed by atoms with E-state index >= 15 is 0 Å². The van der Waals surface area contributed by atoms with Crippen LogP contribution in [0.2, 0.25) is 0 Å². The lowest BCUT2D eigenvalue weighted by molar-refractivity contribution is -0.118. The van der Waals surface area contributed by atoms with E-state index in [-0.39, 0.29) is 16.5 Å². The van der Waals surface area contributed by atoms with Crippen LogP contribution in [0.3, 0.4) is 0 Å². The average molecular weight is 324 g/mol. The highest BCUT2D eigenvalue weighted by molar-refractivity contribution is 9.10. The quantitative estimate of drug-likeness (QED) is 0.632. The van der Waals surface area contributed by atoms with Crippen LogP contribution in [0.15, 0.2) is 18.2 Å². The van der Waals surface area contributed by atoms with Gasteiger partial charge in [0.05, 0.1) is 4.83 Å². The number of hydrogen-bond acceptors (Lipinski definition) is 2. The van der Waals surface area contributed by atoms with Crippen LogP contribution >= 0.6 is 15.9 Å². The zero-order chi connectivity index (χ0) is 14.0. The summed E-state index contributed by atoms with van der Waals surface area (Å²) >= 11 is 3.30. The molecule has 1 amide bonds. The van der Waals surface area contributed by atoms with Crippen LogP contribution in [0.5, 0.6) is 0 Å². The van der Waals surface area contributed by atoms with Crippen LogP contribution in [0.1, 0.15) is 42.6 Å². The third kappa shape index (κ3) is 2.89. The van der Waals surface area contributed by atoms with Crippen LogP contribution in [0.25, 0.3) is 0 Å². The first kappa shape index (κ1) is 14.3. The van der Waals surface area contributed by atoms with Gasteiger partial charge in [-0.1, -0.05) is 22.9 Å². The van der Waals surface area contributed by atoms with E-state index in [9.17, 15) is 9.59 Å². The number of hydrogen-bond donors (Lipinski definition) is 0. The van der Waals surface area contributed by atoms with Crippen LogP contribution in [-0.4, -0.2) is 23.1 Å². The van der Waals surface area contributed by atoms with Crippen molar-refractivity contribution in [3.63, 3.8) is 0 Å². The third-order valence-corrected chi connectivity index (χ3v) is 3.86. The summed E-state index contributed by atoms with van der Waals surface area (Å²) in [6.45, 7) is 4.48. The summed E-state index contributed by atoms with van der Waals surface area (Å²) in [6.07, 6.45) is 2.40. The zero-order valence-electron chi connectivity index (χ0n) is 11.3. The molecule has 0 saturated carbocycles. The first-order chi connectivity index (χ1) is 9.04. The lowest BCUT2D eigenvalue weighted by Gasteiger charge is -2.29. The molecule has 1 aromatic carbocycles. The minimum Gasteiger partial charge on any atom is -0.312 e. The van der Waals surface area contributed by atoms with Crippen molar-refractivity contribution in [1.82, 2.24) is 0 Å². The highest BCUT2D eigenvalue weighted by Gasteiger charge is 2.22. The monoisotopic (exact) mass is 323 g/mol. The predicted octanol–water partition coefficient (Wildman–Crippen LogP) is 3.34. The van der Waals surface area contributed by atoms with Gasteiger partial charge < -0.3 is 4.90 Å². The van der Waals surface area contributed by atoms with E-state index < -0.39 is 0 Å². The fourth-order valence-electron chi connectivity index (χ4n) is 2.43. The second kappa shape index (κ2) is 5.87. The van der Waals surface area contributed by atoms with Crippen LogP contribution < -0.4 is 4.90 Å². The number of ketones is 1. The van der Waals surface area contributed by atoms with Crippen molar-refractivity contribution in [1.29, 1.82) is 0 Å². The van der Waals surface area contributed by atoms with Gasteiger partial charge in [0.25, 0.3) is 0 Å². The Morgan fingerprint density at radius 2 is 2.16 bits per heavy atom. The van der Waals surface area contributed by atoms with Crippen LogP contribution in [0, 0.1) is 0 Å². The summed E-state index contributed by atoms with van der Waals surface area (Å²) in [5.74, 6) is 0.232. The molecule has 1 aromatic rings. The molecule has 102 valence electrons. The number of rotatable bonds is 3. The summed E-state index contributed by atoms with van der Waals surface area (Å²) in [5, 5.41) is 0. The molecule has 0 aliphatic carbocycles. The Morgan fingerprint density at radius 3 is 2.79 bits per heavy atom. The Hall–Kier alpha value is -1.16. The first-order valence-corrected chi connectivity index (χ1v) is 7.57. The number of anilines is 1. The molecule has 1 aliphatic rings. The van der Waals surface area contributed by atoms with Gasteiger partial charge in [-0.15, -0.1) is 0 Å². The fourth-order valence-corrected chi connectivity index (χ4v) is 2.69. The molecule has 1 atom stereocenters. The van der Waals surface area contributed by atoms with Crippen molar-refractivity contribution in [2.75, 3.05) is 11.4 Å². The summed E-state index contributed by atoms with van der Waals surface area (Å²) in [7, 11) is 0. The van der Waals surface area contributed by atoms with Crippen LogP contribution in [-0.2, 0) is 11.2 Å². The summed E-state index contributed by atoms with van der Waals surface area (Å²) in [4.78, 5) is 25.5. The molecule has 0 saturated heterocycles. The number of benzene rings is 1. The lowest BCUT2D eigenvalue weighted by atomic mass is 9.97. The average Bonchev–Trinajstić information content (AvgIpc) is 2.44. The number of fused-ring (bicyclic) bond motifs is 1. The van der Waals surface area contributed by atoms with E-state index in [2.05, 4.69) is 15.9 Å². The predicted molar refractivity (Wildman–Crippen MR) is 80.1 cm³/mol. The van der Waals surface area contributed by atoms with Gasteiger partial charge in [0.15, 0.2) is 5.78 Å². The van der Waals surface area contributed by atoms with Crippen molar-refractivity contribution < 1.29 is 9.59 Å². The summed E-state index contributed by atoms with van der Waals surface area (Å²) in [6, 6.07) is 5.66. The fraction of sp³-hybridized carbons (Fsp3) is 0.467. The normalized spacial score (nSPS) is 15.8. The summed E-state index contributed by atoms with van der Waals surface area (Å²) < 4.78 is 0. The lowest BCUT2D eigenvalue weighted by Crippen LogP contribution is -2.35. The topological polar surface area (TPSA) is 37.4 Å². The molecule has 1 aliphatic heterocycles. The number of carbonyl (C=O) groups is 2. The number of Topliss-reactive ketones (excluding diaryl/α,β-unsaturated/α-hetero) is 1. The SMILES string of the molecule is CCC(=O)N1CCCc2cc(C(=O)C(C)Br)ccc21. The molecular weight excluding hydrogens is 306 g/mol. The molecule has 0 N–H and O–H groups in total. The van der Waals surface area contributed by atoms with E-state index in [1.807, 2.05) is 36.9 Å². The standard InChI is InChI=1S/C15H18BrNO2/c1-3-14(18)17-8-4-5-11-9-12(6-7-13(11)17)15(19)10(2)16/h6-7,9-10H,3-5,8H2,1-2H3. The highest BCUT2D eigenvalue weighted by atomic mass is 79.9. The van der Waals surface area contributed by atoms with Gasteiger partial charge in [-0.05, 0) is 43.5 Å². The van der Waals surface area contributed by atoms with Gasteiger partial charge in [-0.2, -0.15) is 0 Å². The largest absolute Gasteiger partial charge is 0.312 e. The van der Waals surface area contributed by atoms with E-state index in [0.29, 0.717) is 12.0 Å². The van der Waals surface area contributed by atoms with Gasteiger partial charge in [-0.3, -0.25) is 9.59 Å². The number of carbonyl (C=O) groups excluding carboxylic acids is 2. The molecule has 0 radical (unpaired) electrons. The second-order valence-electron chi connectivity index (χ2n) is 4.83. The molecule has 0 spiro atoms. The zero-order valence-corrected chi connectivity index (χ0v) is 12.9. The van der Waals surface area contributed by atoms with Crippen molar-refractivity contribution in [3.05, 3.63) is 29.3 Å². The van der Waals surface area contributed by atoms with Crippen LogP contribution in [0.4, 0.5) is 5.69 Å². The maximum Gasteiger partial charge on any atom is 0.226 e. The van der Waals surface area contributed by atoms with Gasteiger partial charge in [0.1, 0.15) is 0 Å². The number of halogens is 1. The third-order valence-electron chi connectivity index (χ3n) is 3.45. The van der Waals surface area contributed by atoms with Crippen molar-refractivity contribution in [3.8, 4) is 0 Å². The van der Waals surface area contributed by atoms with Gasteiger partial charge >= 0.3 is 0 Å².